The topological polar surface area (TPSA) is 142 Å². The van der Waals surface area contributed by atoms with E-state index in [2.05, 4.69) is 4.99 Å². The number of benzene rings is 1. The molecule has 0 saturated heterocycles. The number of hydrogen-bond acceptors (Lipinski definition) is 7. The van der Waals surface area contributed by atoms with Gasteiger partial charge in [0.15, 0.2) is 0 Å². The number of nitriles is 1. The van der Waals surface area contributed by atoms with Gasteiger partial charge in [0.25, 0.3) is 11.2 Å². The van der Waals surface area contributed by atoms with Crippen LogP contribution in [0.4, 0.5) is 11.4 Å². The number of nitro benzene ring substituents is 1. The predicted octanol–water partition coefficient (Wildman–Crippen LogP) is 1.64. The molecule has 0 bridgehead atoms. The Morgan fingerprint density at radius 3 is 2.67 bits per heavy atom. The molecule has 0 aliphatic rings. The molecule has 2 rings (SSSR count). The molecule has 2 N–H and O–H groups in total. The fourth-order valence-electron chi connectivity index (χ4n) is 2.06. The van der Waals surface area contributed by atoms with E-state index >= 15 is 0 Å². The Labute approximate surface area is 135 Å². The zero-order chi connectivity index (χ0) is 18.0. The first kappa shape index (κ1) is 16.7. The van der Waals surface area contributed by atoms with Crippen LogP contribution in [0.2, 0.25) is 0 Å². The molecule has 1 aromatic carbocycles. The maximum absolute atomic E-state index is 11.9. The highest BCUT2D eigenvalue weighted by atomic mass is 16.6. The molecule has 0 aliphatic heterocycles. The van der Waals surface area contributed by atoms with Gasteiger partial charge in [-0.05, 0) is 18.6 Å². The van der Waals surface area contributed by atoms with Crippen LogP contribution in [-0.2, 0) is 7.05 Å². The van der Waals surface area contributed by atoms with Gasteiger partial charge in [0, 0.05) is 25.4 Å². The molecule has 0 atom stereocenters. The van der Waals surface area contributed by atoms with Gasteiger partial charge in [-0.25, -0.2) is 0 Å². The summed E-state index contributed by atoms with van der Waals surface area (Å²) in [5.41, 5.74) is -0.844. The zero-order valence-electron chi connectivity index (χ0n) is 12.7. The first-order chi connectivity index (χ1) is 11.3. The highest BCUT2D eigenvalue weighted by molar-refractivity contribution is 5.88. The molecular formula is C15H12N4O5. The normalized spacial score (nSPS) is 10.7. The summed E-state index contributed by atoms with van der Waals surface area (Å²) in [7, 11) is 1.29. The van der Waals surface area contributed by atoms with Crippen molar-refractivity contribution in [3.63, 3.8) is 0 Å². The highest BCUT2D eigenvalue weighted by Gasteiger charge is 2.16. The summed E-state index contributed by atoms with van der Waals surface area (Å²) in [6, 6.07) is 5.07. The minimum atomic E-state index is -0.650. The smallest absolute Gasteiger partial charge is 0.271 e. The van der Waals surface area contributed by atoms with E-state index in [9.17, 15) is 25.1 Å². The van der Waals surface area contributed by atoms with Crippen LogP contribution in [0.1, 0.15) is 16.7 Å². The largest absolute Gasteiger partial charge is 0.506 e. The van der Waals surface area contributed by atoms with E-state index in [4.69, 9.17) is 5.26 Å². The van der Waals surface area contributed by atoms with Crippen molar-refractivity contribution >= 4 is 17.6 Å². The van der Waals surface area contributed by atoms with E-state index in [0.717, 1.165) is 29.0 Å². The summed E-state index contributed by atoms with van der Waals surface area (Å²) in [5, 5.41) is 39.6. The number of phenolic OH excluding ortho intramolecular Hbond substituents is 1. The minimum Gasteiger partial charge on any atom is -0.506 e. The monoisotopic (exact) mass is 328 g/mol. The van der Waals surface area contributed by atoms with Gasteiger partial charge in [-0.15, -0.1) is 0 Å². The average Bonchev–Trinajstić information content (AvgIpc) is 2.54. The van der Waals surface area contributed by atoms with Crippen molar-refractivity contribution in [3.05, 3.63) is 55.4 Å². The Balaban J connectivity index is 2.61. The number of aromatic hydroxyl groups is 2. The predicted molar refractivity (Wildman–Crippen MR) is 84.8 cm³/mol. The van der Waals surface area contributed by atoms with E-state index in [-0.39, 0.29) is 33.8 Å². The van der Waals surface area contributed by atoms with Gasteiger partial charge >= 0.3 is 0 Å². The standard InChI is InChI=1S/C15H12N4O5/c1-8-10(6-16)14(21)18(2)15(22)11(8)7-17-12-5-9(19(23)24)3-4-13(12)20/h3-5,7,20,22H,1-2H3. The van der Waals surface area contributed by atoms with Crippen LogP contribution in [0.3, 0.4) is 0 Å². The molecule has 2 aromatic rings. The van der Waals surface area contributed by atoms with Gasteiger partial charge in [-0.3, -0.25) is 24.5 Å². The van der Waals surface area contributed by atoms with Gasteiger partial charge in [0.1, 0.15) is 23.1 Å². The number of nitrogens with zero attached hydrogens (tertiary/aromatic N) is 4. The van der Waals surface area contributed by atoms with Crippen LogP contribution in [-0.4, -0.2) is 25.9 Å². The number of hydrogen-bond donors (Lipinski definition) is 2. The number of aromatic nitrogens is 1. The Morgan fingerprint density at radius 1 is 1.42 bits per heavy atom. The average molecular weight is 328 g/mol. The van der Waals surface area contributed by atoms with E-state index in [1.807, 2.05) is 0 Å². The van der Waals surface area contributed by atoms with Crippen LogP contribution >= 0.6 is 0 Å². The van der Waals surface area contributed by atoms with Gasteiger partial charge in [-0.1, -0.05) is 0 Å². The fraction of sp³-hybridized carbons (Fsp3) is 0.133. The molecule has 0 spiro atoms. The van der Waals surface area contributed by atoms with Crippen molar-refractivity contribution in [2.45, 2.75) is 6.92 Å². The Bertz CT molecular complexity index is 969. The second kappa shape index (κ2) is 6.21. The van der Waals surface area contributed by atoms with Gasteiger partial charge < -0.3 is 10.2 Å². The molecule has 9 heteroatoms. The van der Waals surface area contributed by atoms with Crippen LogP contribution in [0.15, 0.2) is 28.0 Å². The quantitative estimate of drug-likeness (QED) is 0.498. The first-order valence-corrected chi connectivity index (χ1v) is 6.62. The summed E-state index contributed by atoms with van der Waals surface area (Å²) < 4.78 is 0.889. The van der Waals surface area contributed by atoms with Crippen LogP contribution in [0.25, 0.3) is 0 Å². The van der Waals surface area contributed by atoms with E-state index in [1.165, 1.54) is 14.0 Å². The molecule has 0 saturated carbocycles. The maximum atomic E-state index is 11.9. The van der Waals surface area contributed by atoms with Crippen LogP contribution in [0, 0.1) is 28.4 Å². The molecule has 1 heterocycles. The number of phenols is 1. The lowest BCUT2D eigenvalue weighted by Crippen LogP contribution is -2.22. The Kier molecular flexibility index (Phi) is 4.32. The van der Waals surface area contributed by atoms with Crippen molar-refractivity contribution in [2.24, 2.45) is 12.0 Å². The second-order valence-electron chi connectivity index (χ2n) is 4.90. The summed E-state index contributed by atoms with van der Waals surface area (Å²) >= 11 is 0. The van der Waals surface area contributed by atoms with E-state index in [0.29, 0.717) is 0 Å². The lowest BCUT2D eigenvalue weighted by atomic mass is 10.1. The van der Waals surface area contributed by atoms with E-state index < -0.39 is 16.4 Å². The zero-order valence-corrected chi connectivity index (χ0v) is 12.7. The summed E-state index contributed by atoms with van der Waals surface area (Å²) in [6.45, 7) is 1.47. The van der Waals surface area contributed by atoms with Crippen molar-refractivity contribution in [1.29, 1.82) is 5.26 Å². The summed E-state index contributed by atoms with van der Waals surface area (Å²) in [5.74, 6) is -0.704. The number of rotatable bonds is 3. The Hall–Kier alpha value is -3.67. The van der Waals surface area contributed by atoms with Crippen molar-refractivity contribution < 1.29 is 15.1 Å². The van der Waals surface area contributed by atoms with Crippen LogP contribution < -0.4 is 5.56 Å². The van der Waals surface area contributed by atoms with Gasteiger partial charge in [0.2, 0.25) is 5.88 Å². The Morgan fingerprint density at radius 2 is 2.08 bits per heavy atom. The summed E-state index contributed by atoms with van der Waals surface area (Å²) in [4.78, 5) is 25.9. The highest BCUT2D eigenvalue weighted by Crippen LogP contribution is 2.31. The molecule has 122 valence electrons. The molecule has 0 radical (unpaired) electrons. The molecule has 1 aromatic heterocycles. The number of pyridine rings is 1. The van der Waals surface area contributed by atoms with Crippen molar-refractivity contribution in [1.82, 2.24) is 4.57 Å². The van der Waals surface area contributed by atoms with Gasteiger partial charge in [0.05, 0.1) is 10.5 Å². The SMILES string of the molecule is Cc1c(C=Nc2cc([N+](=O)[O-])ccc2O)c(O)n(C)c(=O)c1C#N. The van der Waals surface area contributed by atoms with Crippen molar-refractivity contribution in [3.8, 4) is 17.7 Å². The lowest BCUT2D eigenvalue weighted by Gasteiger charge is -2.09. The molecule has 24 heavy (non-hydrogen) atoms. The third-order valence-electron chi connectivity index (χ3n) is 3.47. The lowest BCUT2D eigenvalue weighted by molar-refractivity contribution is -0.384. The third kappa shape index (κ3) is 2.80. The number of aliphatic imine (C=N–C) groups is 1. The molecule has 0 amide bonds. The fourth-order valence-corrected chi connectivity index (χ4v) is 2.06. The summed E-state index contributed by atoms with van der Waals surface area (Å²) in [6.07, 6.45) is 1.13. The molecule has 0 unspecified atom stereocenters. The minimum absolute atomic E-state index is 0.0876. The van der Waals surface area contributed by atoms with Crippen LogP contribution in [0.5, 0.6) is 11.6 Å². The number of nitro groups is 1. The second-order valence-corrected chi connectivity index (χ2v) is 4.90. The van der Waals surface area contributed by atoms with E-state index in [1.54, 1.807) is 6.07 Å². The van der Waals surface area contributed by atoms with Crippen molar-refractivity contribution in [2.75, 3.05) is 0 Å². The third-order valence-corrected chi connectivity index (χ3v) is 3.47. The molecular weight excluding hydrogens is 316 g/mol. The molecule has 0 fully saturated rings. The number of non-ortho nitro benzene ring substituents is 1. The molecule has 0 aliphatic carbocycles. The molecule has 9 nitrogen and oxygen atoms in total. The van der Waals surface area contributed by atoms with Gasteiger partial charge in [-0.2, -0.15) is 5.26 Å². The first-order valence-electron chi connectivity index (χ1n) is 6.62. The maximum Gasteiger partial charge on any atom is 0.271 e.